The lowest BCUT2D eigenvalue weighted by Crippen LogP contribution is -2.32. The van der Waals surface area contributed by atoms with Crippen LogP contribution in [0.1, 0.15) is 10.5 Å². The van der Waals surface area contributed by atoms with Crippen molar-refractivity contribution in [2.75, 3.05) is 18.8 Å². The number of hydrogen-bond donors (Lipinski definition) is 1. The topological polar surface area (TPSA) is 107 Å². The number of nitrogens with two attached hydrogens (primary N) is 1. The van der Waals surface area contributed by atoms with Gasteiger partial charge in [-0.2, -0.15) is 10.5 Å². The fourth-order valence-corrected chi connectivity index (χ4v) is 1.31. The van der Waals surface area contributed by atoms with Gasteiger partial charge in [0.15, 0.2) is 0 Å². The summed E-state index contributed by atoms with van der Waals surface area (Å²) in [6.45, 7) is -0.418. The Balaban J connectivity index is 3.06. The molecular weight excluding hydrogens is 242 g/mol. The van der Waals surface area contributed by atoms with E-state index in [1.807, 2.05) is 0 Å². The summed E-state index contributed by atoms with van der Waals surface area (Å²) in [6.07, 6.45) is 0. The van der Waals surface area contributed by atoms with Crippen molar-refractivity contribution >= 4 is 23.3 Å². The first-order valence-corrected chi connectivity index (χ1v) is 4.93. The molecule has 0 aliphatic heterocycles. The highest BCUT2D eigenvalue weighted by Crippen LogP contribution is 2.17. The van der Waals surface area contributed by atoms with Crippen LogP contribution in [0.4, 0.5) is 5.82 Å². The van der Waals surface area contributed by atoms with Gasteiger partial charge in [-0.25, -0.2) is 4.98 Å². The number of nitrogens with zero attached hydrogens (tertiary/aromatic N) is 4. The van der Waals surface area contributed by atoms with Crippen LogP contribution in [0.15, 0.2) is 12.1 Å². The number of carbonyl (C=O) groups excluding carboxylic acids is 1. The number of rotatable bonds is 3. The second-order valence-corrected chi connectivity index (χ2v) is 3.45. The molecular formula is C10H8ClN5O. The zero-order chi connectivity index (χ0) is 12.8. The number of amides is 1. The zero-order valence-corrected chi connectivity index (χ0v) is 9.48. The highest BCUT2D eigenvalue weighted by Gasteiger charge is 2.19. The van der Waals surface area contributed by atoms with Crippen LogP contribution in [0, 0.1) is 22.7 Å². The van der Waals surface area contributed by atoms with Crippen molar-refractivity contribution in [2.45, 2.75) is 0 Å². The first kappa shape index (κ1) is 12.8. The Hall–Kier alpha value is -2.31. The van der Waals surface area contributed by atoms with Crippen LogP contribution in [0.3, 0.4) is 0 Å². The van der Waals surface area contributed by atoms with E-state index in [-0.39, 0.29) is 29.6 Å². The molecule has 0 saturated heterocycles. The monoisotopic (exact) mass is 249 g/mol. The number of hydrogen-bond acceptors (Lipinski definition) is 5. The Labute approximate surface area is 103 Å². The quantitative estimate of drug-likeness (QED) is 0.798. The van der Waals surface area contributed by atoms with Crippen LogP contribution in [-0.2, 0) is 0 Å². The number of carbonyl (C=O) groups is 1. The first-order valence-electron chi connectivity index (χ1n) is 4.55. The summed E-state index contributed by atoms with van der Waals surface area (Å²) < 4.78 is 0. The van der Waals surface area contributed by atoms with Gasteiger partial charge in [-0.1, -0.05) is 11.6 Å². The summed E-state index contributed by atoms with van der Waals surface area (Å²) in [4.78, 5) is 16.7. The summed E-state index contributed by atoms with van der Waals surface area (Å²) >= 11 is 5.80. The normalized spacial score (nSPS) is 9.12. The number of nitriles is 2. The van der Waals surface area contributed by atoms with E-state index < -0.39 is 5.91 Å². The fourth-order valence-electron chi connectivity index (χ4n) is 1.13. The molecule has 0 aliphatic carbocycles. The van der Waals surface area contributed by atoms with Crippen molar-refractivity contribution < 1.29 is 4.79 Å². The number of anilines is 1. The van der Waals surface area contributed by atoms with E-state index in [1.165, 1.54) is 12.1 Å². The Morgan fingerprint density at radius 3 is 2.53 bits per heavy atom. The standard InChI is InChI=1S/C10H8ClN5O/c11-7-1-2-8(14)15-9(7)10(17)16(5-3-12)6-4-13/h1-2H,5-6H2,(H2,14,15). The molecule has 1 heterocycles. The Bertz CT molecular complexity index is 500. The van der Waals surface area contributed by atoms with Gasteiger partial charge in [0.1, 0.15) is 24.6 Å². The molecule has 7 heteroatoms. The van der Waals surface area contributed by atoms with Gasteiger partial charge in [0.25, 0.3) is 5.91 Å². The van der Waals surface area contributed by atoms with Gasteiger partial charge in [0, 0.05) is 0 Å². The van der Waals surface area contributed by atoms with Gasteiger partial charge < -0.3 is 10.6 Å². The van der Waals surface area contributed by atoms with Crippen molar-refractivity contribution in [3.63, 3.8) is 0 Å². The summed E-state index contributed by atoms with van der Waals surface area (Å²) in [5.41, 5.74) is 5.38. The third-order valence-electron chi connectivity index (χ3n) is 1.88. The summed E-state index contributed by atoms with van der Waals surface area (Å²) in [5, 5.41) is 17.2. The van der Waals surface area contributed by atoms with E-state index in [1.54, 1.807) is 12.1 Å². The molecule has 1 aromatic heterocycles. The van der Waals surface area contributed by atoms with Crippen molar-refractivity contribution in [1.82, 2.24) is 9.88 Å². The molecule has 0 saturated carbocycles. The third kappa shape index (κ3) is 3.07. The average Bonchev–Trinajstić information content (AvgIpc) is 2.31. The molecule has 2 N–H and O–H groups in total. The minimum atomic E-state index is -0.592. The lowest BCUT2D eigenvalue weighted by molar-refractivity contribution is 0.0789. The van der Waals surface area contributed by atoms with E-state index in [4.69, 9.17) is 27.9 Å². The maximum atomic E-state index is 11.9. The van der Waals surface area contributed by atoms with Crippen molar-refractivity contribution in [3.8, 4) is 12.1 Å². The molecule has 1 aromatic rings. The van der Waals surface area contributed by atoms with Crippen molar-refractivity contribution in [3.05, 3.63) is 22.8 Å². The molecule has 0 bridgehead atoms. The summed E-state index contributed by atoms with van der Waals surface area (Å²) in [6, 6.07) is 6.47. The molecule has 1 rings (SSSR count). The SMILES string of the molecule is N#CCN(CC#N)C(=O)c1nc(N)ccc1Cl. The van der Waals surface area contributed by atoms with Crippen molar-refractivity contribution in [2.24, 2.45) is 0 Å². The first-order chi connectivity index (χ1) is 8.10. The largest absolute Gasteiger partial charge is 0.384 e. The second kappa shape index (κ2) is 5.69. The number of pyridine rings is 1. The van der Waals surface area contributed by atoms with Crippen LogP contribution < -0.4 is 5.73 Å². The number of halogens is 1. The van der Waals surface area contributed by atoms with Gasteiger partial charge in [-0.3, -0.25) is 4.79 Å². The van der Waals surface area contributed by atoms with Gasteiger partial charge >= 0.3 is 0 Å². The third-order valence-corrected chi connectivity index (χ3v) is 2.19. The van der Waals surface area contributed by atoms with Crippen LogP contribution in [-0.4, -0.2) is 28.9 Å². The smallest absolute Gasteiger partial charge is 0.275 e. The minimum absolute atomic E-state index is 0.0582. The molecule has 0 atom stereocenters. The predicted octanol–water partition coefficient (Wildman–Crippen LogP) is 0.807. The Kier molecular flexibility index (Phi) is 4.27. The zero-order valence-electron chi connectivity index (χ0n) is 8.72. The predicted molar refractivity (Wildman–Crippen MR) is 60.8 cm³/mol. The van der Waals surface area contributed by atoms with Crippen LogP contribution in [0.5, 0.6) is 0 Å². The van der Waals surface area contributed by atoms with Crippen LogP contribution >= 0.6 is 11.6 Å². The number of aromatic nitrogens is 1. The van der Waals surface area contributed by atoms with E-state index in [2.05, 4.69) is 4.98 Å². The van der Waals surface area contributed by atoms with E-state index >= 15 is 0 Å². The molecule has 0 aromatic carbocycles. The maximum absolute atomic E-state index is 11.9. The van der Waals surface area contributed by atoms with Gasteiger partial charge in [-0.05, 0) is 12.1 Å². The second-order valence-electron chi connectivity index (χ2n) is 3.04. The molecule has 0 radical (unpaired) electrons. The lowest BCUT2D eigenvalue weighted by Gasteiger charge is -2.15. The van der Waals surface area contributed by atoms with Gasteiger partial charge in [-0.15, -0.1) is 0 Å². The Morgan fingerprint density at radius 2 is 2.00 bits per heavy atom. The fraction of sp³-hybridized carbons (Fsp3) is 0.200. The van der Waals surface area contributed by atoms with E-state index in [0.717, 1.165) is 4.90 Å². The van der Waals surface area contributed by atoms with E-state index in [9.17, 15) is 4.79 Å². The van der Waals surface area contributed by atoms with Crippen LogP contribution in [0.2, 0.25) is 5.02 Å². The molecule has 0 spiro atoms. The van der Waals surface area contributed by atoms with Gasteiger partial charge in [0.05, 0.1) is 17.2 Å². The lowest BCUT2D eigenvalue weighted by atomic mass is 10.3. The van der Waals surface area contributed by atoms with Gasteiger partial charge in [0.2, 0.25) is 0 Å². The molecule has 0 aliphatic rings. The molecule has 0 unspecified atom stereocenters. The van der Waals surface area contributed by atoms with Crippen molar-refractivity contribution in [1.29, 1.82) is 10.5 Å². The molecule has 6 nitrogen and oxygen atoms in total. The number of nitrogen functional groups attached to an aromatic ring is 1. The highest BCUT2D eigenvalue weighted by atomic mass is 35.5. The maximum Gasteiger partial charge on any atom is 0.275 e. The van der Waals surface area contributed by atoms with Crippen LogP contribution in [0.25, 0.3) is 0 Å². The molecule has 17 heavy (non-hydrogen) atoms. The minimum Gasteiger partial charge on any atom is -0.384 e. The molecule has 86 valence electrons. The average molecular weight is 250 g/mol. The Morgan fingerprint density at radius 1 is 1.41 bits per heavy atom. The van der Waals surface area contributed by atoms with E-state index in [0.29, 0.717) is 0 Å². The molecule has 0 fully saturated rings. The highest BCUT2D eigenvalue weighted by molar-refractivity contribution is 6.33. The molecule has 1 amide bonds. The summed E-state index contributed by atoms with van der Waals surface area (Å²) in [7, 11) is 0. The summed E-state index contributed by atoms with van der Waals surface area (Å²) in [5.74, 6) is -0.447.